The number of carboxylic acids is 1. The Labute approximate surface area is 122 Å². The van der Waals surface area contributed by atoms with Gasteiger partial charge in [-0.2, -0.15) is 0 Å². The minimum Gasteiger partial charge on any atom is -0.481 e. The number of benzene rings is 1. The van der Waals surface area contributed by atoms with Crippen molar-refractivity contribution in [2.24, 2.45) is 17.0 Å². The third kappa shape index (κ3) is 3.79. The maximum Gasteiger partial charge on any atom is 0.306 e. The van der Waals surface area contributed by atoms with E-state index in [0.29, 0.717) is 24.9 Å². The van der Waals surface area contributed by atoms with Crippen LogP contribution in [0.1, 0.15) is 19.3 Å². The lowest BCUT2D eigenvalue weighted by atomic mass is 10.0. The highest BCUT2D eigenvalue weighted by Gasteiger charge is 2.33. The second-order valence-corrected chi connectivity index (χ2v) is 6.67. The predicted molar refractivity (Wildman–Crippen MR) is 74.9 cm³/mol. The van der Waals surface area contributed by atoms with Crippen LogP contribution in [0.5, 0.6) is 0 Å². The number of nitrogens with one attached hydrogen (secondary N) is 1. The number of anilines is 1. The summed E-state index contributed by atoms with van der Waals surface area (Å²) < 4.78 is 22.5. The smallest absolute Gasteiger partial charge is 0.306 e. The van der Waals surface area contributed by atoms with Gasteiger partial charge in [0.05, 0.1) is 10.8 Å². The van der Waals surface area contributed by atoms with E-state index in [0.717, 1.165) is 0 Å². The molecule has 1 aromatic carbocycles. The molecule has 0 spiro atoms. The number of carbonyl (C=O) groups excluding carboxylic acids is 1. The largest absolute Gasteiger partial charge is 0.481 e. The minimum atomic E-state index is -3.83. The van der Waals surface area contributed by atoms with Gasteiger partial charge in [-0.3, -0.25) is 9.59 Å². The van der Waals surface area contributed by atoms with Crippen LogP contribution in [0.15, 0.2) is 29.2 Å². The summed E-state index contributed by atoms with van der Waals surface area (Å²) in [5.74, 6) is -2.05. The van der Waals surface area contributed by atoms with Gasteiger partial charge < -0.3 is 10.4 Å². The zero-order valence-corrected chi connectivity index (χ0v) is 12.0. The molecule has 7 nitrogen and oxygen atoms in total. The first-order chi connectivity index (χ1) is 9.77. The Kier molecular flexibility index (Phi) is 4.29. The van der Waals surface area contributed by atoms with E-state index in [1.54, 1.807) is 6.07 Å². The van der Waals surface area contributed by atoms with Crippen molar-refractivity contribution in [2.75, 3.05) is 5.32 Å². The monoisotopic (exact) mass is 312 g/mol. The molecule has 21 heavy (non-hydrogen) atoms. The standard InChI is InChI=1S/C13H16N2O5S/c14-21(19,20)11-3-1-2-10(7-11)15-12(16)8-4-5-9(6-8)13(17)18/h1-3,7-9H,4-6H2,(H,15,16)(H,17,18)(H2,14,19,20). The summed E-state index contributed by atoms with van der Waals surface area (Å²) in [6, 6.07) is 5.64. The number of hydrogen-bond donors (Lipinski definition) is 3. The Bertz CT molecular complexity index is 671. The van der Waals surface area contributed by atoms with Crippen LogP contribution in [0.25, 0.3) is 0 Å². The van der Waals surface area contributed by atoms with Gasteiger partial charge in [-0.15, -0.1) is 0 Å². The molecular formula is C13H16N2O5S. The summed E-state index contributed by atoms with van der Waals surface area (Å²) >= 11 is 0. The first kappa shape index (κ1) is 15.5. The highest BCUT2D eigenvalue weighted by molar-refractivity contribution is 7.89. The first-order valence-corrected chi connectivity index (χ1v) is 7.98. The van der Waals surface area contributed by atoms with Crippen molar-refractivity contribution in [1.82, 2.24) is 0 Å². The lowest BCUT2D eigenvalue weighted by Crippen LogP contribution is -2.22. The lowest BCUT2D eigenvalue weighted by molar-refractivity contribution is -0.141. The number of aliphatic carboxylic acids is 1. The summed E-state index contributed by atoms with van der Waals surface area (Å²) in [4.78, 5) is 22.8. The Morgan fingerprint density at radius 2 is 1.90 bits per heavy atom. The van der Waals surface area contributed by atoms with E-state index in [1.807, 2.05) is 0 Å². The van der Waals surface area contributed by atoms with Gasteiger partial charge in [0.2, 0.25) is 15.9 Å². The van der Waals surface area contributed by atoms with Gasteiger partial charge >= 0.3 is 5.97 Å². The van der Waals surface area contributed by atoms with Crippen LogP contribution in [0.3, 0.4) is 0 Å². The highest BCUT2D eigenvalue weighted by atomic mass is 32.2. The molecule has 0 radical (unpaired) electrons. The average Bonchev–Trinajstić information content (AvgIpc) is 2.88. The number of carbonyl (C=O) groups is 2. The van der Waals surface area contributed by atoms with E-state index < -0.39 is 21.9 Å². The van der Waals surface area contributed by atoms with Gasteiger partial charge in [0.25, 0.3) is 0 Å². The zero-order valence-electron chi connectivity index (χ0n) is 11.2. The van der Waals surface area contributed by atoms with Crippen molar-refractivity contribution in [1.29, 1.82) is 0 Å². The fourth-order valence-corrected chi connectivity index (χ4v) is 3.00. The van der Waals surface area contributed by atoms with Crippen LogP contribution in [0.2, 0.25) is 0 Å². The summed E-state index contributed by atoms with van der Waals surface area (Å²) in [6.07, 6.45) is 1.29. The van der Waals surface area contributed by atoms with E-state index in [2.05, 4.69) is 5.32 Å². The molecule has 1 amide bonds. The summed E-state index contributed by atoms with van der Waals surface area (Å²) in [7, 11) is -3.83. The fraction of sp³-hybridized carbons (Fsp3) is 0.385. The number of hydrogen-bond acceptors (Lipinski definition) is 4. The van der Waals surface area contributed by atoms with Crippen LogP contribution in [0, 0.1) is 11.8 Å². The third-order valence-electron chi connectivity index (χ3n) is 3.58. The number of nitrogens with two attached hydrogens (primary N) is 1. The summed E-state index contributed by atoms with van der Waals surface area (Å²) in [5.41, 5.74) is 0.324. The number of sulfonamides is 1. The maximum absolute atomic E-state index is 12.1. The van der Waals surface area contributed by atoms with Gasteiger partial charge in [0, 0.05) is 11.6 Å². The van der Waals surface area contributed by atoms with Crippen LogP contribution in [-0.2, 0) is 19.6 Å². The van der Waals surface area contributed by atoms with E-state index >= 15 is 0 Å². The molecule has 0 heterocycles. The molecule has 1 fully saturated rings. The van der Waals surface area contributed by atoms with E-state index in [-0.39, 0.29) is 16.7 Å². The molecule has 1 aliphatic carbocycles. The zero-order chi connectivity index (χ0) is 15.6. The number of primary sulfonamides is 1. The normalized spacial score (nSPS) is 22.0. The molecule has 2 rings (SSSR count). The van der Waals surface area contributed by atoms with Crippen molar-refractivity contribution in [3.8, 4) is 0 Å². The molecule has 2 unspecified atom stereocenters. The van der Waals surface area contributed by atoms with Crippen LogP contribution in [-0.4, -0.2) is 25.4 Å². The Hall–Kier alpha value is -1.93. The lowest BCUT2D eigenvalue weighted by Gasteiger charge is -2.11. The van der Waals surface area contributed by atoms with Crippen molar-refractivity contribution in [3.63, 3.8) is 0 Å². The van der Waals surface area contributed by atoms with E-state index in [9.17, 15) is 18.0 Å². The Morgan fingerprint density at radius 1 is 1.24 bits per heavy atom. The van der Waals surface area contributed by atoms with Crippen molar-refractivity contribution in [3.05, 3.63) is 24.3 Å². The van der Waals surface area contributed by atoms with Gasteiger partial charge in [0.15, 0.2) is 0 Å². The van der Waals surface area contributed by atoms with Crippen molar-refractivity contribution >= 4 is 27.6 Å². The number of amides is 1. The van der Waals surface area contributed by atoms with Crippen molar-refractivity contribution in [2.45, 2.75) is 24.2 Å². The predicted octanol–water partition coefficient (Wildman–Crippen LogP) is 0.773. The summed E-state index contributed by atoms with van der Waals surface area (Å²) in [5, 5.41) is 16.5. The molecule has 0 bridgehead atoms. The first-order valence-electron chi connectivity index (χ1n) is 6.44. The highest BCUT2D eigenvalue weighted by Crippen LogP contribution is 2.32. The van der Waals surface area contributed by atoms with E-state index in [1.165, 1.54) is 18.2 Å². The van der Waals surface area contributed by atoms with E-state index in [4.69, 9.17) is 10.2 Å². The molecule has 8 heteroatoms. The molecule has 2 atom stereocenters. The fourth-order valence-electron chi connectivity index (χ4n) is 2.44. The summed E-state index contributed by atoms with van der Waals surface area (Å²) in [6.45, 7) is 0. The topological polar surface area (TPSA) is 127 Å². The van der Waals surface area contributed by atoms with Crippen molar-refractivity contribution < 1.29 is 23.1 Å². The maximum atomic E-state index is 12.1. The molecule has 0 aliphatic heterocycles. The van der Waals surface area contributed by atoms with Gasteiger partial charge in [0.1, 0.15) is 0 Å². The molecular weight excluding hydrogens is 296 g/mol. The average molecular weight is 312 g/mol. The Morgan fingerprint density at radius 3 is 2.48 bits per heavy atom. The van der Waals surface area contributed by atoms with Gasteiger partial charge in [-0.25, -0.2) is 13.6 Å². The van der Waals surface area contributed by atoms with Crippen LogP contribution >= 0.6 is 0 Å². The molecule has 114 valence electrons. The second-order valence-electron chi connectivity index (χ2n) is 5.11. The second kappa shape index (κ2) is 5.82. The molecule has 0 aromatic heterocycles. The molecule has 4 N–H and O–H groups in total. The quantitative estimate of drug-likeness (QED) is 0.757. The SMILES string of the molecule is NS(=O)(=O)c1cccc(NC(=O)C2CCC(C(=O)O)C2)c1. The molecule has 1 aliphatic rings. The Balaban J connectivity index is 2.06. The molecule has 1 aromatic rings. The number of rotatable bonds is 4. The van der Waals surface area contributed by atoms with Gasteiger partial charge in [-0.1, -0.05) is 6.07 Å². The number of carboxylic acid groups (broad SMARTS) is 1. The minimum absolute atomic E-state index is 0.0878. The van der Waals surface area contributed by atoms with Gasteiger partial charge in [-0.05, 0) is 37.5 Å². The molecule has 1 saturated carbocycles. The third-order valence-corrected chi connectivity index (χ3v) is 4.49. The van der Waals surface area contributed by atoms with Crippen LogP contribution < -0.4 is 10.5 Å². The van der Waals surface area contributed by atoms with Crippen LogP contribution in [0.4, 0.5) is 5.69 Å². The molecule has 0 saturated heterocycles.